The Morgan fingerprint density at radius 3 is 2.35 bits per heavy atom. The van der Waals surface area contributed by atoms with Gasteiger partial charge in [-0.25, -0.2) is 4.98 Å². The average Bonchev–Trinajstić information content (AvgIpc) is 2.56. The summed E-state index contributed by atoms with van der Waals surface area (Å²) in [5.41, 5.74) is 2.74. The molecule has 0 spiro atoms. The topological polar surface area (TPSA) is 12.9 Å². The molecule has 0 N–H and O–H groups in total. The summed E-state index contributed by atoms with van der Waals surface area (Å²) in [4.78, 5) is 3.69. The molecule has 0 amide bonds. The van der Waals surface area contributed by atoms with Crippen molar-refractivity contribution in [3.8, 4) is 11.1 Å². The summed E-state index contributed by atoms with van der Waals surface area (Å²) >= 11 is 5.71. The van der Waals surface area contributed by atoms with E-state index in [4.69, 9.17) is 11.6 Å². The Bertz CT molecular complexity index is 645. The second-order valence-electron chi connectivity index (χ2n) is 6.60. The van der Waals surface area contributed by atoms with E-state index in [0.29, 0.717) is 11.5 Å². The van der Waals surface area contributed by atoms with Crippen LogP contribution in [0.5, 0.6) is 0 Å². The molecular formula is C20H23ClFN. The van der Waals surface area contributed by atoms with Crippen molar-refractivity contribution in [2.75, 3.05) is 0 Å². The fourth-order valence-electron chi connectivity index (χ4n) is 3.76. The Hall–Kier alpha value is -1.41. The Balaban J connectivity index is 1.70. The zero-order valence-electron chi connectivity index (χ0n) is 13.6. The Labute approximate surface area is 142 Å². The van der Waals surface area contributed by atoms with Crippen molar-refractivity contribution >= 4 is 11.6 Å². The SMILES string of the molecule is CCCC1CCC(c2ccc(-c3ccc(Cl)nc3F)cc2)CC1. The largest absolute Gasteiger partial charge is 0.222 e. The summed E-state index contributed by atoms with van der Waals surface area (Å²) in [5.74, 6) is 1.07. The van der Waals surface area contributed by atoms with E-state index >= 15 is 0 Å². The molecule has 23 heavy (non-hydrogen) atoms. The molecule has 1 fully saturated rings. The molecule has 1 aromatic carbocycles. The van der Waals surface area contributed by atoms with Crippen LogP contribution in [0.2, 0.25) is 5.15 Å². The number of pyridine rings is 1. The Kier molecular flexibility index (Phi) is 5.32. The predicted molar refractivity (Wildman–Crippen MR) is 94.2 cm³/mol. The summed E-state index contributed by atoms with van der Waals surface area (Å²) in [5, 5.41) is 0.187. The first-order valence-corrected chi connectivity index (χ1v) is 8.97. The molecule has 0 atom stereocenters. The van der Waals surface area contributed by atoms with E-state index in [0.717, 1.165) is 11.5 Å². The van der Waals surface area contributed by atoms with E-state index in [9.17, 15) is 4.39 Å². The number of halogens is 2. The Morgan fingerprint density at radius 2 is 1.74 bits per heavy atom. The summed E-state index contributed by atoms with van der Waals surface area (Å²) in [6.45, 7) is 2.27. The van der Waals surface area contributed by atoms with E-state index in [1.54, 1.807) is 12.1 Å². The number of hydrogen-bond acceptors (Lipinski definition) is 1. The van der Waals surface area contributed by atoms with Gasteiger partial charge in [0.2, 0.25) is 5.95 Å². The molecule has 1 aliphatic carbocycles. The van der Waals surface area contributed by atoms with Crippen LogP contribution < -0.4 is 0 Å². The van der Waals surface area contributed by atoms with Crippen molar-refractivity contribution in [1.29, 1.82) is 0 Å². The van der Waals surface area contributed by atoms with Crippen LogP contribution in [0.3, 0.4) is 0 Å². The lowest BCUT2D eigenvalue weighted by molar-refractivity contribution is 0.308. The molecule has 0 saturated heterocycles. The maximum atomic E-state index is 13.9. The first-order valence-electron chi connectivity index (χ1n) is 8.59. The average molecular weight is 332 g/mol. The second kappa shape index (κ2) is 7.44. The first-order chi connectivity index (χ1) is 11.2. The van der Waals surface area contributed by atoms with Crippen molar-refractivity contribution in [2.45, 2.75) is 51.4 Å². The molecule has 1 aromatic heterocycles. The van der Waals surface area contributed by atoms with Crippen LogP contribution in [-0.2, 0) is 0 Å². The number of aromatic nitrogens is 1. The molecule has 2 aromatic rings. The van der Waals surface area contributed by atoms with Crippen LogP contribution in [0.25, 0.3) is 11.1 Å². The second-order valence-corrected chi connectivity index (χ2v) is 6.99. The van der Waals surface area contributed by atoms with Gasteiger partial charge in [-0.1, -0.05) is 55.6 Å². The summed E-state index contributed by atoms with van der Waals surface area (Å²) < 4.78 is 13.9. The van der Waals surface area contributed by atoms with E-state index < -0.39 is 5.95 Å². The number of nitrogens with zero attached hydrogens (tertiary/aromatic N) is 1. The van der Waals surface area contributed by atoms with Crippen molar-refractivity contribution in [2.24, 2.45) is 5.92 Å². The van der Waals surface area contributed by atoms with Crippen LogP contribution in [0.1, 0.15) is 56.9 Å². The maximum absolute atomic E-state index is 13.9. The lowest BCUT2D eigenvalue weighted by Gasteiger charge is -2.28. The van der Waals surface area contributed by atoms with Gasteiger partial charge in [-0.2, -0.15) is 4.39 Å². The Morgan fingerprint density at radius 1 is 1.04 bits per heavy atom. The fraction of sp³-hybridized carbons (Fsp3) is 0.450. The van der Waals surface area contributed by atoms with Crippen molar-refractivity contribution in [3.05, 3.63) is 53.1 Å². The van der Waals surface area contributed by atoms with E-state index in [-0.39, 0.29) is 5.15 Å². The third-order valence-electron chi connectivity index (χ3n) is 5.05. The smallest absolute Gasteiger partial charge is 0.207 e. The number of benzene rings is 1. The zero-order chi connectivity index (χ0) is 16.2. The number of hydrogen-bond donors (Lipinski definition) is 0. The fourth-order valence-corrected chi connectivity index (χ4v) is 3.89. The lowest BCUT2D eigenvalue weighted by atomic mass is 9.77. The van der Waals surface area contributed by atoms with Crippen molar-refractivity contribution < 1.29 is 4.39 Å². The molecule has 3 heteroatoms. The van der Waals surface area contributed by atoms with Crippen LogP contribution in [0.4, 0.5) is 4.39 Å². The molecule has 1 saturated carbocycles. The van der Waals surface area contributed by atoms with Gasteiger partial charge in [0.1, 0.15) is 5.15 Å². The van der Waals surface area contributed by atoms with E-state index in [1.807, 2.05) is 12.1 Å². The first kappa shape index (κ1) is 16.4. The van der Waals surface area contributed by atoms with E-state index in [2.05, 4.69) is 24.0 Å². The van der Waals surface area contributed by atoms with Gasteiger partial charge < -0.3 is 0 Å². The molecule has 0 bridgehead atoms. The normalized spacial score (nSPS) is 21.3. The van der Waals surface area contributed by atoms with Gasteiger partial charge in [-0.3, -0.25) is 0 Å². The van der Waals surface area contributed by atoms with Crippen molar-refractivity contribution in [3.63, 3.8) is 0 Å². The van der Waals surface area contributed by atoms with Crippen molar-refractivity contribution in [1.82, 2.24) is 4.98 Å². The van der Waals surface area contributed by atoms with Crippen LogP contribution in [0, 0.1) is 11.9 Å². The van der Waals surface area contributed by atoms with Gasteiger partial charge >= 0.3 is 0 Å². The van der Waals surface area contributed by atoms with Gasteiger partial charge in [0.05, 0.1) is 0 Å². The van der Waals surface area contributed by atoms with Gasteiger partial charge in [-0.05, 0) is 60.8 Å². The molecule has 0 radical (unpaired) electrons. The molecule has 1 heterocycles. The molecular weight excluding hydrogens is 309 g/mol. The monoisotopic (exact) mass is 331 g/mol. The molecule has 0 aliphatic heterocycles. The highest BCUT2D eigenvalue weighted by atomic mass is 35.5. The quantitative estimate of drug-likeness (QED) is 0.574. The standard InChI is InChI=1S/C20H23ClFN/c1-2-3-14-4-6-15(7-5-14)16-8-10-17(11-9-16)18-12-13-19(21)23-20(18)22/h8-15H,2-7H2,1H3. The lowest BCUT2D eigenvalue weighted by Crippen LogP contribution is -2.13. The molecule has 122 valence electrons. The molecule has 1 nitrogen and oxygen atoms in total. The van der Waals surface area contributed by atoms with Crippen LogP contribution in [-0.4, -0.2) is 4.98 Å². The molecule has 1 aliphatic rings. The number of rotatable bonds is 4. The summed E-state index contributed by atoms with van der Waals surface area (Å²) in [6.07, 6.45) is 7.91. The minimum absolute atomic E-state index is 0.187. The molecule has 0 unspecified atom stereocenters. The zero-order valence-corrected chi connectivity index (χ0v) is 14.3. The summed E-state index contributed by atoms with van der Waals surface area (Å²) in [6, 6.07) is 11.6. The van der Waals surface area contributed by atoms with Gasteiger partial charge in [0, 0.05) is 5.56 Å². The van der Waals surface area contributed by atoms with Gasteiger partial charge in [0.15, 0.2) is 0 Å². The molecule has 3 rings (SSSR count). The van der Waals surface area contributed by atoms with E-state index in [1.165, 1.54) is 44.1 Å². The third kappa shape index (κ3) is 3.92. The summed E-state index contributed by atoms with van der Waals surface area (Å²) in [7, 11) is 0. The minimum Gasteiger partial charge on any atom is -0.207 e. The minimum atomic E-state index is -0.509. The van der Waals surface area contributed by atoms with Gasteiger partial charge in [-0.15, -0.1) is 0 Å². The highest BCUT2D eigenvalue weighted by molar-refractivity contribution is 6.29. The third-order valence-corrected chi connectivity index (χ3v) is 5.26. The van der Waals surface area contributed by atoms with Crippen LogP contribution in [0.15, 0.2) is 36.4 Å². The van der Waals surface area contributed by atoms with Crippen LogP contribution >= 0.6 is 11.6 Å². The van der Waals surface area contributed by atoms with Gasteiger partial charge in [0.25, 0.3) is 0 Å². The predicted octanol–water partition coefficient (Wildman–Crippen LogP) is 6.62. The highest BCUT2D eigenvalue weighted by Gasteiger charge is 2.21. The maximum Gasteiger partial charge on any atom is 0.222 e. The highest BCUT2D eigenvalue weighted by Crippen LogP contribution is 2.38.